The molecule has 72 valence electrons. The van der Waals surface area contributed by atoms with Crippen molar-refractivity contribution in [2.45, 2.75) is 0 Å². The average Bonchev–Trinajstić information content (AvgIpc) is 2.19. The Hall–Kier alpha value is -1.82. The van der Waals surface area contributed by atoms with Gasteiger partial charge in [-0.15, -0.1) is 0 Å². The van der Waals surface area contributed by atoms with Gasteiger partial charge in [0.2, 0.25) is 0 Å². The number of halogens is 2. The third-order valence-electron chi connectivity index (χ3n) is 1.73. The Bertz CT molecular complexity index is 486. The van der Waals surface area contributed by atoms with Crippen molar-refractivity contribution in [3.8, 4) is 0 Å². The van der Waals surface area contributed by atoms with E-state index in [9.17, 15) is 8.78 Å². The third kappa shape index (κ3) is 1.35. The average molecular weight is 196 g/mol. The lowest BCUT2D eigenvalue weighted by Gasteiger charge is -2.01. The number of nitrogens with zero attached hydrogens (tertiary/aromatic N) is 2. The number of nitrogens with one attached hydrogen (secondary N) is 1. The van der Waals surface area contributed by atoms with Crippen molar-refractivity contribution in [2.75, 3.05) is 5.43 Å². The Morgan fingerprint density at radius 2 is 1.79 bits per heavy atom. The second kappa shape index (κ2) is 3.15. The highest BCUT2D eigenvalue weighted by atomic mass is 19.2. The van der Waals surface area contributed by atoms with Gasteiger partial charge in [-0.05, 0) is 0 Å². The fraction of sp³-hybridized carbons (Fsp3) is 0. The molecule has 1 aromatic heterocycles. The molecule has 3 N–H and O–H groups in total. The van der Waals surface area contributed by atoms with Crippen molar-refractivity contribution in [1.82, 2.24) is 9.97 Å². The molecule has 0 fully saturated rings. The standard InChI is InChI=1S/C8H6F2N4/c9-4-1-6-7(2-5(4)10)13-8(14-11)3-12-6/h1-3H,11H2,(H,13,14). The maximum absolute atomic E-state index is 12.8. The fourth-order valence-corrected chi connectivity index (χ4v) is 1.08. The molecular weight excluding hydrogens is 190 g/mol. The summed E-state index contributed by atoms with van der Waals surface area (Å²) < 4.78 is 25.5. The number of hydrogen-bond donors (Lipinski definition) is 2. The smallest absolute Gasteiger partial charge is 0.161 e. The predicted molar refractivity (Wildman–Crippen MR) is 47.3 cm³/mol. The van der Waals surface area contributed by atoms with Crippen LogP contribution < -0.4 is 11.3 Å². The Kier molecular flexibility index (Phi) is 1.97. The molecule has 0 unspecified atom stereocenters. The van der Waals surface area contributed by atoms with Crippen molar-refractivity contribution < 1.29 is 8.78 Å². The summed E-state index contributed by atoms with van der Waals surface area (Å²) in [5.41, 5.74) is 2.79. The van der Waals surface area contributed by atoms with Gasteiger partial charge in [0.1, 0.15) is 0 Å². The van der Waals surface area contributed by atoms with Crippen LogP contribution in [0.5, 0.6) is 0 Å². The first-order chi connectivity index (χ1) is 6.70. The van der Waals surface area contributed by atoms with E-state index in [0.29, 0.717) is 5.82 Å². The number of benzene rings is 1. The van der Waals surface area contributed by atoms with Gasteiger partial charge in [0, 0.05) is 12.1 Å². The van der Waals surface area contributed by atoms with Gasteiger partial charge in [-0.25, -0.2) is 19.6 Å². The second-order valence-corrected chi connectivity index (χ2v) is 2.65. The molecule has 0 bridgehead atoms. The summed E-state index contributed by atoms with van der Waals surface area (Å²) in [4.78, 5) is 7.73. The molecule has 0 amide bonds. The number of fused-ring (bicyclic) bond motifs is 1. The molecule has 14 heavy (non-hydrogen) atoms. The van der Waals surface area contributed by atoms with Gasteiger partial charge in [0.05, 0.1) is 17.2 Å². The van der Waals surface area contributed by atoms with E-state index in [4.69, 9.17) is 5.84 Å². The quantitative estimate of drug-likeness (QED) is 0.531. The van der Waals surface area contributed by atoms with Crippen molar-refractivity contribution >= 4 is 16.9 Å². The number of anilines is 1. The lowest BCUT2D eigenvalue weighted by Crippen LogP contribution is -2.08. The number of hydrogen-bond acceptors (Lipinski definition) is 4. The van der Waals surface area contributed by atoms with Gasteiger partial charge >= 0.3 is 0 Å². The van der Waals surface area contributed by atoms with Crippen LogP contribution in [0.25, 0.3) is 11.0 Å². The molecule has 4 nitrogen and oxygen atoms in total. The monoisotopic (exact) mass is 196 g/mol. The maximum atomic E-state index is 12.8. The molecule has 0 saturated heterocycles. The highest BCUT2D eigenvalue weighted by Crippen LogP contribution is 2.15. The van der Waals surface area contributed by atoms with Gasteiger partial charge in [-0.2, -0.15) is 0 Å². The van der Waals surface area contributed by atoms with Crippen LogP contribution in [0.1, 0.15) is 0 Å². The first kappa shape index (κ1) is 8.76. The summed E-state index contributed by atoms with van der Waals surface area (Å²) in [6, 6.07) is 1.95. The van der Waals surface area contributed by atoms with E-state index in [1.807, 2.05) is 0 Å². The predicted octanol–water partition coefficient (Wildman–Crippen LogP) is 1.19. The van der Waals surface area contributed by atoms with Crippen molar-refractivity contribution in [3.63, 3.8) is 0 Å². The minimum absolute atomic E-state index is 0.249. The zero-order valence-electron chi connectivity index (χ0n) is 6.96. The van der Waals surface area contributed by atoms with E-state index in [-0.39, 0.29) is 11.0 Å². The van der Waals surface area contributed by atoms with Gasteiger partial charge in [0.25, 0.3) is 0 Å². The largest absolute Gasteiger partial charge is 0.307 e. The van der Waals surface area contributed by atoms with Crippen LogP contribution in [-0.4, -0.2) is 9.97 Å². The van der Waals surface area contributed by atoms with E-state index in [2.05, 4.69) is 15.4 Å². The fourth-order valence-electron chi connectivity index (χ4n) is 1.08. The Balaban J connectivity index is 2.70. The molecule has 0 spiro atoms. The van der Waals surface area contributed by atoms with Crippen molar-refractivity contribution in [2.24, 2.45) is 5.84 Å². The Morgan fingerprint density at radius 1 is 1.14 bits per heavy atom. The summed E-state index contributed by atoms with van der Waals surface area (Å²) in [6.07, 6.45) is 1.33. The first-order valence-corrected chi connectivity index (χ1v) is 3.79. The molecule has 1 aromatic carbocycles. The second-order valence-electron chi connectivity index (χ2n) is 2.65. The molecule has 0 aliphatic carbocycles. The summed E-state index contributed by atoms with van der Waals surface area (Å²) in [5, 5.41) is 0. The summed E-state index contributed by atoms with van der Waals surface area (Å²) in [5.74, 6) is 3.48. The Morgan fingerprint density at radius 3 is 2.43 bits per heavy atom. The number of rotatable bonds is 1. The van der Waals surface area contributed by atoms with Crippen LogP contribution in [-0.2, 0) is 0 Å². The van der Waals surface area contributed by atoms with Crippen LogP contribution >= 0.6 is 0 Å². The molecule has 0 saturated carbocycles. The molecule has 2 rings (SSSR count). The number of hydrazine groups is 1. The third-order valence-corrected chi connectivity index (χ3v) is 1.73. The lowest BCUT2D eigenvalue weighted by atomic mass is 10.3. The topological polar surface area (TPSA) is 63.8 Å². The summed E-state index contributed by atoms with van der Waals surface area (Å²) in [7, 11) is 0. The zero-order valence-corrected chi connectivity index (χ0v) is 6.96. The molecular formula is C8H6F2N4. The van der Waals surface area contributed by atoms with Crippen LogP contribution in [0.4, 0.5) is 14.6 Å². The zero-order chi connectivity index (χ0) is 10.1. The molecule has 0 aliphatic heterocycles. The van der Waals surface area contributed by atoms with Gasteiger partial charge < -0.3 is 5.43 Å². The Labute approximate surface area is 77.7 Å². The van der Waals surface area contributed by atoms with E-state index in [1.165, 1.54) is 6.20 Å². The van der Waals surface area contributed by atoms with Crippen molar-refractivity contribution in [3.05, 3.63) is 30.0 Å². The van der Waals surface area contributed by atoms with Gasteiger partial charge in [-0.3, -0.25) is 4.98 Å². The summed E-state index contributed by atoms with van der Waals surface area (Å²) >= 11 is 0. The van der Waals surface area contributed by atoms with E-state index >= 15 is 0 Å². The first-order valence-electron chi connectivity index (χ1n) is 3.79. The van der Waals surface area contributed by atoms with Crippen molar-refractivity contribution in [1.29, 1.82) is 0 Å². The molecule has 0 aliphatic rings. The molecule has 2 aromatic rings. The SMILES string of the molecule is NNc1cnc2cc(F)c(F)cc2n1. The van der Waals surface area contributed by atoms with Gasteiger partial charge in [0.15, 0.2) is 17.5 Å². The molecule has 0 radical (unpaired) electrons. The molecule has 0 atom stereocenters. The molecule has 6 heteroatoms. The summed E-state index contributed by atoms with van der Waals surface area (Å²) in [6.45, 7) is 0. The minimum Gasteiger partial charge on any atom is -0.307 e. The van der Waals surface area contributed by atoms with E-state index in [1.54, 1.807) is 0 Å². The van der Waals surface area contributed by atoms with Crippen LogP contribution in [0, 0.1) is 11.6 Å². The maximum Gasteiger partial charge on any atom is 0.161 e. The number of aromatic nitrogens is 2. The highest BCUT2D eigenvalue weighted by molar-refractivity contribution is 5.75. The van der Waals surface area contributed by atoms with Gasteiger partial charge in [-0.1, -0.05) is 0 Å². The molecule has 1 heterocycles. The van der Waals surface area contributed by atoms with Crippen LogP contribution in [0.15, 0.2) is 18.3 Å². The van der Waals surface area contributed by atoms with E-state index < -0.39 is 11.6 Å². The van der Waals surface area contributed by atoms with Crippen LogP contribution in [0.3, 0.4) is 0 Å². The number of nitrogen functional groups attached to an aromatic ring is 1. The minimum atomic E-state index is -0.957. The number of nitrogens with two attached hydrogens (primary N) is 1. The highest BCUT2D eigenvalue weighted by Gasteiger charge is 2.06. The van der Waals surface area contributed by atoms with E-state index in [0.717, 1.165) is 12.1 Å². The lowest BCUT2D eigenvalue weighted by molar-refractivity contribution is 0.510. The normalized spacial score (nSPS) is 10.5. The van der Waals surface area contributed by atoms with Crippen LogP contribution in [0.2, 0.25) is 0 Å².